The van der Waals surface area contributed by atoms with Gasteiger partial charge in [-0.1, -0.05) is 12.1 Å². The molecular formula is C22H33N3O3. The Labute approximate surface area is 168 Å². The normalized spacial score (nSPS) is 16.7. The highest BCUT2D eigenvalue weighted by molar-refractivity contribution is 5.46. The van der Waals surface area contributed by atoms with Crippen LogP contribution in [0.15, 0.2) is 18.2 Å². The van der Waals surface area contributed by atoms with Gasteiger partial charge in [0, 0.05) is 49.6 Å². The molecule has 0 radical (unpaired) electrons. The highest BCUT2D eigenvalue weighted by Crippen LogP contribution is 2.32. The fourth-order valence-corrected chi connectivity index (χ4v) is 4.07. The van der Waals surface area contributed by atoms with E-state index in [2.05, 4.69) is 36.4 Å². The molecule has 1 aromatic carbocycles. The lowest BCUT2D eigenvalue weighted by molar-refractivity contribution is 0.0674. The number of hydrogen-bond donors (Lipinski definition) is 0. The van der Waals surface area contributed by atoms with E-state index in [-0.39, 0.29) is 0 Å². The smallest absolute Gasteiger partial charge is 0.165 e. The van der Waals surface area contributed by atoms with Crippen molar-refractivity contribution < 1.29 is 14.2 Å². The van der Waals surface area contributed by atoms with Crippen LogP contribution in [-0.2, 0) is 24.4 Å². The summed E-state index contributed by atoms with van der Waals surface area (Å²) in [5.74, 6) is 1.57. The predicted octanol–water partition coefficient (Wildman–Crippen LogP) is 3.72. The zero-order chi connectivity index (χ0) is 20.1. The minimum absolute atomic E-state index is 0.290. The Balaban J connectivity index is 1.86. The Morgan fingerprint density at radius 3 is 2.64 bits per heavy atom. The first kappa shape index (κ1) is 20.7. The molecule has 0 spiro atoms. The van der Waals surface area contributed by atoms with Gasteiger partial charge >= 0.3 is 0 Å². The van der Waals surface area contributed by atoms with E-state index in [4.69, 9.17) is 19.3 Å². The van der Waals surface area contributed by atoms with Crippen molar-refractivity contribution in [3.05, 3.63) is 40.7 Å². The van der Waals surface area contributed by atoms with Gasteiger partial charge in [-0.3, -0.25) is 9.58 Å². The van der Waals surface area contributed by atoms with Crippen molar-refractivity contribution in [1.82, 2.24) is 14.7 Å². The second kappa shape index (κ2) is 9.43. The molecule has 28 heavy (non-hydrogen) atoms. The zero-order valence-electron chi connectivity index (χ0n) is 17.8. The average molecular weight is 388 g/mol. The van der Waals surface area contributed by atoms with Crippen LogP contribution in [-0.4, -0.2) is 48.2 Å². The third kappa shape index (κ3) is 4.50. The topological polar surface area (TPSA) is 48.8 Å². The summed E-state index contributed by atoms with van der Waals surface area (Å²) in [5.41, 5.74) is 4.78. The van der Waals surface area contributed by atoms with Gasteiger partial charge in [-0.05, 0) is 39.7 Å². The molecule has 1 aliphatic heterocycles. The van der Waals surface area contributed by atoms with Gasteiger partial charge in [0.15, 0.2) is 11.5 Å². The third-order valence-electron chi connectivity index (χ3n) is 5.58. The summed E-state index contributed by atoms with van der Waals surface area (Å²) in [6, 6.07) is 6.07. The lowest BCUT2D eigenvalue weighted by atomic mass is 10.1. The molecule has 6 heteroatoms. The number of rotatable bonds is 9. The Kier molecular flexibility index (Phi) is 6.97. The van der Waals surface area contributed by atoms with Crippen LogP contribution in [0.5, 0.6) is 11.5 Å². The highest BCUT2D eigenvalue weighted by atomic mass is 16.5. The molecule has 3 rings (SSSR count). The molecule has 0 N–H and O–H groups in total. The van der Waals surface area contributed by atoms with Crippen molar-refractivity contribution in [2.75, 3.05) is 27.4 Å². The molecule has 0 bridgehead atoms. The van der Waals surface area contributed by atoms with Crippen LogP contribution in [0.3, 0.4) is 0 Å². The van der Waals surface area contributed by atoms with Gasteiger partial charge in [0.2, 0.25) is 0 Å². The standard InChI is InChI=1S/C22H33N3O3/c1-6-25-17(3)20(16(2)23-25)15-24(14-19-10-8-12-28-19)13-18-9-7-11-21(26-4)22(18)27-5/h7,9,11,19H,6,8,10,12-15H2,1-5H3. The number of aromatic nitrogens is 2. The monoisotopic (exact) mass is 387 g/mol. The van der Waals surface area contributed by atoms with Gasteiger partial charge in [-0.25, -0.2) is 0 Å². The number of hydrogen-bond acceptors (Lipinski definition) is 5. The number of aryl methyl sites for hydroxylation is 2. The van der Waals surface area contributed by atoms with Gasteiger partial charge in [-0.15, -0.1) is 0 Å². The van der Waals surface area contributed by atoms with E-state index in [0.29, 0.717) is 6.10 Å². The van der Waals surface area contributed by atoms with E-state index in [0.717, 1.165) is 68.4 Å². The molecule has 154 valence electrons. The maximum absolute atomic E-state index is 5.93. The summed E-state index contributed by atoms with van der Waals surface area (Å²) in [7, 11) is 3.38. The van der Waals surface area contributed by atoms with Crippen LogP contribution in [0.4, 0.5) is 0 Å². The maximum Gasteiger partial charge on any atom is 0.165 e. The number of para-hydroxylation sites is 1. The van der Waals surface area contributed by atoms with E-state index in [1.165, 1.54) is 11.3 Å². The van der Waals surface area contributed by atoms with E-state index in [1.54, 1.807) is 14.2 Å². The van der Waals surface area contributed by atoms with Crippen molar-refractivity contribution in [2.45, 2.75) is 59.4 Å². The Morgan fingerprint density at radius 2 is 2.04 bits per heavy atom. The predicted molar refractivity (Wildman–Crippen MR) is 110 cm³/mol. The van der Waals surface area contributed by atoms with Crippen molar-refractivity contribution >= 4 is 0 Å². The van der Waals surface area contributed by atoms with Gasteiger partial charge in [-0.2, -0.15) is 5.10 Å². The Hall–Kier alpha value is -2.05. The molecular weight excluding hydrogens is 354 g/mol. The second-order valence-corrected chi connectivity index (χ2v) is 7.42. The third-order valence-corrected chi connectivity index (χ3v) is 5.58. The number of methoxy groups -OCH3 is 2. The molecule has 1 saturated heterocycles. The average Bonchev–Trinajstić information content (AvgIpc) is 3.30. The number of ether oxygens (including phenoxy) is 3. The first-order valence-corrected chi connectivity index (χ1v) is 10.1. The van der Waals surface area contributed by atoms with E-state index >= 15 is 0 Å². The quantitative estimate of drug-likeness (QED) is 0.656. The van der Waals surface area contributed by atoms with Crippen LogP contribution in [0, 0.1) is 13.8 Å². The molecule has 1 unspecified atom stereocenters. The zero-order valence-corrected chi connectivity index (χ0v) is 17.8. The van der Waals surface area contributed by atoms with Crippen molar-refractivity contribution in [3.8, 4) is 11.5 Å². The lowest BCUT2D eigenvalue weighted by Crippen LogP contribution is -2.32. The highest BCUT2D eigenvalue weighted by Gasteiger charge is 2.23. The van der Waals surface area contributed by atoms with Crippen molar-refractivity contribution in [1.29, 1.82) is 0 Å². The Bertz CT molecular complexity index is 782. The summed E-state index contributed by atoms with van der Waals surface area (Å²) in [6.07, 6.45) is 2.56. The van der Waals surface area contributed by atoms with Crippen molar-refractivity contribution in [3.63, 3.8) is 0 Å². The van der Waals surface area contributed by atoms with Gasteiger partial charge in [0.25, 0.3) is 0 Å². The lowest BCUT2D eigenvalue weighted by Gasteiger charge is -2.26. The fourth-order valence-electron chi connectivity index (χ4n) is 4.07. The molecule has 1 aliphatic rings. The van der Waals surface area contributed by atoms with Crippen molar-refractivity contribution in [2.24, 2.45) is 0 Å². The van der Waals surface area contributed by atoms with Gasteiger partial charge < -0.3 is 14.2 Å². The molecule has 6 nitrogen and oxygen atoms in total. The largest absolute Gasteiger partial charge is 0.493 e. The summed E-state index contributed by atoms with van der Waals surface area (Å²) in [6.45, 7) is 10.7. The van der Waals surface area contributed by atoms with Crippen LogP contribution in [0.2, 0.25) is 0 Å². The summed E-state index contributed by atoms with van der Waals surface area (Å²) < 4.78 is 19.2. The summed E-state index contributed by atoms with van der Waals surface area (Å²) in [5, 5.41) is 4.70. The first-order valence-electron chi connectivity index (χ1n) is 10.1. The van der Waals surface area contributed by atoms with Crippen LogP contribution >= 0.6 is 0 Å². The SMILES string of the molecule is CCn1nc(C)c(CN(Cc2cccc(OC)c2OC)CC2CCCO2)c1C. The molecule has 2 aromatic rings. The summed E-state index contributed by atoms with van der Waals surface area (Å²) in [4.78, 5) is 2.45. The minimum Gasteiger partial charge on any atom is -0.493 e. The molecule has 1 fully saturated rings. The fraction of sp³-hybridized carbons (Fsp3) is 0.591. The van der Waals surface area contributed by atoms with Gasteiger partial charge in [0.1, 0.15) is 0 Å². The molecule has 0 amide bonds. The van der Waals surface area contributed by atoms with Gasteiger partial charge in [0.05, 0.1) is 26.0 Å². The molecule has 2 heterocycles. The molecule has 1 aromatic heterocycles. The Morgan fingerprint density at radius 1 is 1.21 bits per heavy atom. The first-order chi connectivity index (χ1) is 13.6. The molecule has 0 aliphatic carbocycles. The van der Waals surface area contributed by atoms with Crippen LogP contribution in [0.1, 0.15) is 42.3 Å². The van der Waals surface area contributed by atoms with Crippen LogP contribution < -0.4 is 9.47 Å². The van der Waals surface area contributed by atoms with Crippen LogP contribution in [0.25, 0.3) is 0 Å². The number of nitrogens with zero attached hydrogens (tertiary/aromatic N) is 3. The second-order valence-electron chi connectivity index (χ2n) is 7.42. The molecule has 0 saturated carbocycles. The van der Waals surface area contributed by atoms with E-state index in [9.17, 15) is 0 Å². The summed E-state index contributed by atoms with van der Waals surface area (Å²) >= 11 is 0. The van der Waals surface area contributed by atoms with E-state index < -0.39 is 0 Å². The molecule has 1 atom stereocenters. The van der Waals surface area contributed by atoms with E-state index in [1.807, 2.05) is 12.1 Å². The number of benzene rings is 1. The minimum atomic E-state index is 0.290. The maximum atomic E-state index is 5.93.